The molecule has 2 N–H and O–H groups in total. The maximum Gasteiger partial charge on any atom is 0.258 e. The number of halogens is 1. The average molecular weight is 286 g/mol. The van der Waals surface area contributed by atoms with Crippen molar-refractivity contribution in [3.63, 3.8) is 0 Å². The zero-order valence-electron chi connectivity index (χ0n) is 11.7. The molecule has 1 amide bonds. The number of carbonyl (C=O) groups is 1. The molecule has 21 heavy (non-hydrogen) atoms. The van der Waals surface area contributed by atoms with Gasteiger partial charge in [-0.05, 0) is 38.1 Å². The minimum Gasteiger partial charge on any atom is -0.411 e. The summed E-state index contributed by atoms with van der Waals surface area (Å²) in [5.41, 5.74) is 2.39. The Labute approximate surface area is 121 Å². The van der Waals surface area contributed by atoms with Gasteiger partial charge in [0.25, 0.3) is 5.91 Å². The third kappa shape index (κ3) is 3.45. The minimum atomic E-state index is -0.567. The number of aryl methyl sites for hydroxylation is 1. The van der Waals surface area contributed by atoms with E-state index in [0.29, 0.717) is 17.0 Å². The first-order valence-corrected chi connectivity index (χ1v) is 6.38. The molecule has 0 unspecified atom stereocenters. The molecule has 0 saturated carbocycles. The number of benzene rings is 2. The summed E-state index contributed by atoms with van der Waals surface area (Å²) in [4.78, 5) is 12.1. The van der Waals surface area contributed by atoms with E-state index in [-0.39, 0.29) is 5.56 Å². The normalized spacial score (nSPS) is 11.3. The number of carbonyl (C=O) groups excluding carboxylic acids is 1. The Bertz CT molecular complexity index is 711. The quantitative estimate of drug-likeness (QED) is 0.514. The fraction of sp³-hybridized carbons (Fsp3) is 0.125. The molecule has 108 valence electrons. The Morgan fingerprint density at radius 2 is 2.00 bits per heavy atom. The van der Waals surface area contributed by atoms with Gasteiger partial charge in [-0.2, -0.15) is 0 Å². The van der Waals surface area contributed by atoms with Crippen molar-refractivity contribution < 1.29 is 14.4 Å². The number of nitrogens with zero attached hydrogens (tertiary/aromatic N) is 1. The molecule has 2 aromatic rings. The van der Waals surface area contributed by atoms with Crippen LogP contribution in [-0.2, 0) is 0 Å². The van der Waals surface area contributed by atoms with E-state index < -0.39 is 11.7 Å². The lowest BCUT2D eigenvalue weighted by Crippen LogP contribution is -2.14. The number of amides is 1. The van der Waals surface area contributed by atoms with Gasteiger partial charge in [-0.15, -0.1) is 0 Å². The van der Waals surface area contributed by atoms with Gasteiger partial charge < -0.3 is 10.5 Å². The second-order valence-electron chi connectivity index (χ2n) is 4.70. The summed E-state index contributed by atoms with van der Waals surface area (Å²) in [5, 5.41) is 14.5. The van der Waals surface area contributed by atoms with Crippen LogP contribution in [0.5, 0.6) is 0 Å². The molecular formula is C16H15FN2O2. The van der Waals surface area contributed by atoms with Gasteiger partial charge in [-0.3, -0.25) is 4.79 Å². The second-order valence-corrected chi connectivity index (χ2v) is 4.70. The average Bonchev–Trinajstić information content (AvgIpc) is 2.49. The van der Waals surface area contributed by atoms with Crippen LogP contribution in [0.4, 0.5) is 10.1 Å². The van der Waals surface area contributed by atoms with E-state index in [1.54, 1.807) is 44.2 Å². The highest BCUT2D eigenvalue weighted by atomic mass is 19.1. The number of rotatable bonds is 3. The molecule has 0 aliphatic heterocycles. The van der Waals surface area contributed by atoms with Gasteiger partial charge in [0, 0.05) is 11.3 Å². The van der Waals surface area contributed by atoms with E-state index in [4.69, 9.17) is 5.21 Å². The van der Waals surface area contributed by atoms with Crippen LogP contribution in [0.15, 0.2) is 47.6 Å². The van der Waals surface area contributed by atoms with Crippen LogP contribution in [0.1, 0.15) is 28.4 Å². The predicted octanol–water partition coefficient (Wildman–Crippen LogP) is 3.58. The molecule has 0 bridgehead atoms. The molecule has 4 nitrogen and oxygen atoms in total. The fourth-order valence-corrected chi connectivity index (χ4v) is 1.89. The zero-order chi connectivity index (χ0) is 15.4. The van der Waals surface area contributed by atoms with Gasteiger partial charge >= 0.3 is 0 Å². The molecule has 0 aliphatic rings. The number of hydrogen-bond donors (Lipinski definition) is 2. The summed E-state index contributed by atoms with van der Waals surface area (Å²) in [7, 11) is 0. The molecule has 0 aromatic heterocycles. The van der Waals surface area contributed by atoms with Crippen LogP contribution in [0.25, 0.3) is 0 Å². The number of anilines is 1. The summed E-state index contributed by atoms with van der Waals surface area (Å²) in [6.45, 7) is 3.43. The van der Waals surface area contributed by atoms with Crippen LogP contribution >= 0.6 is 0 Å². The van der Waals surface area contributed by atoms with Gasteiger partial charge in [0.05, 0.1) is 11.3 Å². The molecule has 5 heteroatoms. The van der Waals surface area contributed by atoms with Crippen LogP contribution in [0.2, 0.25) is 0 Å². The number of hydrogen-bond acceptors (Lipinski definition) is 3. The molecule has 0 fully saturated rings. The van der Waals surface area contributed by atoms with Crippen molar-refractivity contribution in [3.05, 3.63) is 65.0 Å². The van der Waals surface area contributed by atoms with Crippen LogP contribution in [-0.4, -0.2) is 16.8 Å². The topological polar surface area (TPSA) is 61.7 Å². The Balaban J connectivity index is 2.26. The number of nitrogens with one attached hydrogen (secondary N) is 1. The van der Waals surface area contributed by atoms with Crippen LogP contribution in [0, 0.1) is 12.7 Å². The fourth-order valence-electron chi connectivity index (χ4n) is 1.89. The minimum absolute atomic E-state index is 0.00653. The van der Waals surface area contributed by atoms with E-state index in [1.165, 1.54) is 12.1 Å². The van der Waals surface area contributed by atoms with Crippen LogP contribution in [0.3, 0.4) is 0 Å². The highest BCUT2D eigenvalue weighted by molar-refractivity contribution is 6.05. The first-order valence-electron chi connectivity index (χ1n) is 6.38. The summed E-state index contributed by atoms with van der Waals surface area (Å²) in [5.74, 6) is -1.09. The molecule has 0 atom stereocenters. The molecule has 0 heterocycles. The summed E-state index contributed by atoms with van der Waals surface area (Å²) in [6.07, 6.45) is 0. The van der Waals surface area contributed by atoms with Crippen molar-refractivity contribution in [2.24, 2.45) is 5.16 Å². The van der Waals surface area contributed by atoms with E-state index in [9.17, 15) is 9.18 Å². The summed E-state index contributed by atoms with van der Waals surface area (Å²) < 4.78 is 13.7. The van der Waals surface area contributed by atoms with E-state index in [0.717, 1.165) is 5.56 Å². The third-order valence-corrected chi connectivity index (χ3v) is 3.05. The smallest absolute Gasteiger partial charge is 0.258 e. The maximum absolute atomic E-state index is 13.7. The highest BCUT2D eigenvalue weighted by Crippen LogP contribution is 2.15. The Morgan fingerprint density at radius 3 is 2.71 bits per heavy atom. The van der Waals surface area contributed by atoms with E-state index in [1.807, 2.05) is 0 Å². The lowest BCUT2D eigenvalue weighted by Gasteiger charge is -2.08. The standard InChI is InChI=1S/C16H15FN2O2/c1-10-6-7-15(17)14(8-10)16(20)18-13-5-3-4-12(9-13)11(2)19-21/h3-9,21H,1-2H3,(H,18,20). The Hall–Kier alpha value is -2.69. The third-order valence-electron chi connectivity index (χ3n) is 3.05. The lowest BCUT2D eigenvalue weighted by atomic mass is 10.1. The van der Waals surface area contributed by atoms with Crippen molar-refractivity contribution in [1.29, 1.82) is 0 Å². The van der Waals surface area contributed by atoms with Crippen molar-refractivity contribution in [1.82, 2.24) is 0 Å². The molecule has 0 radical (unpaired) electrons. The predicted molar refractivity (Wildman–Crippen MR) is 79.5 cm³/mol. The summed E-state index contributed by atoms with van der Waals surface area (Å²) in [6, 6.07) is 11.2. The largest absolute Gasteiger partial charge is 0.411 e. The van der Waals surface area contributed by atoms with Gasteiger partial charge in [-0.25, -0.2) is 4.39 Å². The van der Waals surface area contributed by atoms with Crippen molar-refractivity contribution in [2.45, 2.75) is 13.8 Å². The van der Waals surface area contributed by atoms with Crippen molar-refractivity contribution in [3.8, 4) is 0 Å². The first kappa shape index (κ1) is 14.7. The second kappa shape index (κ2) is 6.17. The molecule has 0 aliphatic carbocycles. The van der Waals surface area contributed by atoms with Gasteiger partial charge in [0.15, 0.2) is 0 Å². The lowest BCUT2D eigenvalue weighted by molar-refractivity contribution is 0.102. The van der Waals surface area contributed by atoms with Crippen LogP contribution < -0.4 is 5.32 Å². The molecular weight excluding hydrogens is 271 g/mol. The maximum atomic E-state index is 13.7. The van der Waals surface area contributed by atoms with E-state index >= 15 is 0 Å². The summed E-state index contributed by atoms with van der Waals surface area (Å²) >= 11 is 0. The van der Waals surface area contributed by atoms with Gasteiger partial charge in [-0.1, -0.05) is 28.9 Å². The van der Waals surface area contributed by atoms with Crippen molar-refractivity contribution >= 4 is 17.3 Å². The molecule has 2 aromatic carbocycles. The Morgan fingerprint density at radius 1 is 1.24 bits per heavy atom. The molecule has 0 spiro atoms. The first-order chi connectivity index (χ1) is 10.0. The number of oxime groups is 1. The molecule has 2 rings (SSSR count). The van der Waals surface area contributed by atoms with Gasteiger partial charge in [0.2, 0.25) is 0 Å². The highest BCUT2D eigenvalue weighted by Gasteiger charge is 2.12. The Kier molecular flexibility index (Phi) is 4.33. The molecule has 0 saturated heterocycles. The van der Waals surface area contributed by atoms with Gasteiger partial charge in [0.1, 0.15) is 5.82 Å². The zero-order valence-corrected chi connectivity index (χ0v) is 11.7. The SMILES string of the molecule is CC(=NO)c1cccc(NC(=O)c2cc(C)ccc2F)c1. The monoisotopic (exact) mass is 286 g/mol. The van der Waals surface area contributed by atoms with E-state index in [2.05, 4.69) is 10.5 Å². The van der Waals surface area contributed by atoms with Crippen molar-refractivity contribution in [2.75, 3.05) is 5.32 Å².